The number of likely N-dealkylation sites (tertiary alicyclic amines) is 1. The van der Waals surface area contributed by atoms with E-state index < -0.39 is 18.1 Å². The van der Waals surface area contributed by atoms with E-state index in [0.717, 1.165) is 0 Å². The van der Waals surface area contributed by atoms with Crippen LogP contribution in [0.25, 0.3) is 0 Å². The number of carbonyl (C=O) groups excluding carboxylic acids is 3. The maximum atomic E-state index is 12.3. The molecule has 0 spiro atoms. The van der Waals surface area contributed by atoms with Crippen LogP contribution in [0.15, 0.2) is 11.6 Å². The number of amides is 3. The minimum absolute atomic E-state index is 0.220. The number of piperidine rings is 1. The zero-order chi connectivity index (χ0) is 14.2. The average Bonchev–Trinajstić information content (AvgIpc) is 2.66. The molecule has 0 radical (unpaired) electrons. The second kappa shape index (κ2) is 5.13. The molecular formula is C13H18N2O4. The van der Waals surface area contributed by atoms with E-state index in [0.29, 0.717) is 18.5 Å². The average molecular weight is 266 g/mol. The van der Waals surface area contributed by atoms with Crippen LogP contribution < -0.4 is 5.32 Å². The minimum atomic E-state index is -0.645. The predicted octanol–water partition coefficient (Wildman–Crippen LogP) is -0.423. The number of nitrogens with zero attached hydrogens (tertiary/aromatic N) is 1. The number of carbonyl (C=O) groups is 3. The lowest BCUT2D eigenvalue weighted by atomic mass is 9.97. The number of aliphatic hydroxyl groups is 1. The van der Waals surface area contributed by atoms with Crippen molar-refractivity contribution >= 4 is 17.7 Å². The topological polar surface area (TPSA) is 86.7 Å². The number of aliphatic hydroxyl groups excluding tert-OH is 1. The van der Waals surface area contributed by atoms with Crippen LogP contribution in [-0.2, 0) is 14.4 Å². The van der Waals surface area contributed by atoms with E-state index in [9.17, 15) is 19.5 Å². The van der Waals surface area contributed by atoms with Crippen LogP contribution in [0.2, 0.25) is 0 Å². The van der Waals surface area contributed by atoms with E-state index in [2.05, 4.69) is 5.32 Å². The quantitative estimate of drug-likeness (QED) is 0.525. The summed E-state index contributed by atoms with van der Waals surface area (Å²) < 4.78 is 0. The maximum absolute atomic E-state index is 12.3. The molecule has 6 nitrogen and oxygen atoms in total. The summed E-state index contributed by atoms with van der Waals surface area (Å²) in [6.45, 7) is 3.70. The molecule has 3 unspecified atom stereocenters. The van der Waals surface area contributed by atoms with Gasteiger partial charge in [0.2, 0.25) is 11.8 Å². The maximum Gasteiger partial charge on any atom is 0.250 e. The molecule has 2 fully saturated rings. The Morgan fingerprint density at radius 3 is 2.58 bits per heavy atom. The fraction of sp³-hybridized carbons (Fsp3) is 0.615. The second-order valence-electron chi connectivity index (χ2n) is 5.02. The second-order valence-corrected chi connectivity index (χ2v) is 5.02. The molecule has 0 aromatic carbocycles. The Kier molecular flexibility index (Phi) is 3.71. The van der Waals surface area contributed by atoms with Crippen LogP contribution in [0.3, 0.4) is 0 Å². The van der Waals surface area contributed by atoms with E-state index in [4.69, 9.17) is 0 Å². The molecule has 104 valence electrons. The number of nitrogens with one attached hydrogen (secondary N) is 1. The zero-order valence-electron chi connectivity index (χ0n) is 11.0. The van der Waals surface area contributed by atoms with Crippen LogP contribution in [0.5, 0.6) is 0 Å². The van der Waals surface area contributed by atoms with Gasteiger partial charge in [0.25, 0.3) is 5.91 Å². The molecule has 2 N–H and O–H groups in total. The molecule has 3 amide bonds. The van der Waals surface area contributed by atoms with Crippen molar-refractivity contribution in [3.8, 4) is 0 Å². The first-order chi connectivity index (χ1) is 8.95. The number of imide groups is 1. The largest absolute Gasteiger partial charge is 0.393 e. The molecule has 2 heterocycles. The molecule has 2 aliphatic rings. The molecule has 3 atom stereocenters. The molecule has 0 aliphatic carbocycles. The van der Waals surface area contributed by atoms with Crippen LogP contribution in [0.4, 0.5) is 0 Å². The van der Waals surface area contributed by atoms with Crippen molar-refractivity contribution in [2.24, 2.45) is 5.92 Å². The predicted molar refractivity (Wildman–Crippen MR) is 66.8 cm³/mol. The van der Waals surface area contributed by atoms with Gasteiger partial charge >= 0.3 is 0 Å². The lowest BCUT2D eigenvalue weighted by Crippen LogP contribution is -2.53. The molecule has 2 saturated heterocycles. The molecule has 6 heteroatoms. The van der Waals surface area contributed by atoms with Crippen LogP contribution in [-0.4, -0.2) is 46.4 Å². The Morgan fingerprint density at radius 2 is 2.11 bits per heavy atom. The first-order valence-electron chi connectivity index (χ1n) is 6.44. The number of allylic oxidation sites excluding steroid dienone is 1. The van der Waals surface area contributed by atoms with Crippen molar-refractivity contribution in [1.82, 2.24) is 10.2 Å². The molecule has 0 aromatic heterocycles. The van der Waals surface area contributed by atoms with Crippen molar-refractivity contribution in [1.29, 1.82) is 0 Å². The summed E-state index contributed by atoms with van der Waals surface area (Å²) in [6.07, 6.45) is 1.63. The van der Waals surface area contributed by atoms with Gasteiger partial charge in [-0.1, -0.05) is 6.08 Å². The van der Waals surface area contributed by atoms with Crippen molar-refractivity contribution in [2.45, 2.75) is 38.8 Å². The molecule has 0 saturated carbocycles. The number of rotatable bonds is 2. The normalized spacial score (nSPS) is 31.8. The van der Waals surface area contributed by atoms with Gasteiger partial charge in [0.15, 0.2) is 0 Å². The molecule has 19 heavy (non-hydrogen) atoms. The van der Waals surface area contributed by atoms with Crippen LogP contribution in [0.1, 0.15) is 26.7 Å². The van der Waals surface area contributed by atoms with Gasteiger partial charge in [-0.05, 0) is 20.3 Å². The van der Waals surface area contributed by atoms with Gasteiger partial charge in [0.1, 0.15) is 6.04 Å². The third kappa shape index (κ3) is 2.40. The van der Waals surface area contributed by atoms with E-state index >= 15 is 0 Å². The summed E-state index contributed by atoms with van der Waals surface area (Å²) in [4.78, 5) is 36.6. The van der Waals surface area contributed by atoms with Crippen molar-refractivity contribution in [3.63, 3.8) is 0 Å². The Morgan fingerprint density at radius 1 is 1.42 bits per heavy atom. The Hall–Kier alpha value is -1.69. The van der Waals surface area contributed by atoms with Gasteiger partial charge in [0, 0.05) is 24.5 Å². The van der Waals surface area contributed by atoms with Gasteiger partial charge in [-0.15, -0.1) is 0 Å². The monoisotopic (exact) mass is 266 g/mol. The Labute approximate surface area is 111 Å². The summed E-state index contributed by atoms with van der Waals surface area (Å²) >= 11 is 0. The third-order valence-corrected chi connectivity index (χ3v) is 3.78. The highest BCUT2D eigenvalue weighted by atomic mass is 16.3. The fourth-order valence-electron chi connectivity index (χ4n) is 2.72. The van der Waals surface area contributed by atoms with Gasteiger partial charge < -0.3 is 10.0 Å². The Bertz CT molecular complexity index is 456. The number of hydrogen-bond donors (Lipinski definition) is 2. The van der Waals surface area contributed by atoms with E-state index in [-0.39, 0.29) is 24.2 Å². The molecular weight excluding hydrogens is 248 g/mol. The molecule has 2 aliphatic heterocycles. The van der Waals surface area contributed by atoms with Gasteiger partial charge in [-0.25, -0.2) is 0 Å². The van der Waals surface area contributed by atoms with E-state index in [1.165, 1.54) is 4.90 Å². The summed E-state index contributed by atoms with van der Waals surface area (Å²) in [5.74, 6) is -1.22. The van der Waals surface area contributed by atoms with E-state index in [1.54, 1.807) is 19.9 Å². The van der Waals surface area contributed by atoms with Crippen molar-refractivity contribution < 1.29 is 19.5 Å². The summed E-state index contributed by atoms with van der Waals surface area (Å²) in [7, 11) is 0. The summed E-state index contributed by atoms with van der Waals surface area (Å²) in [5.41, 5.74) is 0.541. The number of hydrogen-bond acceptors (Lipinski definition) is 4. The molecule has 0 aromatic rings. The Balaban J connectivity index is 2.20. The highest BCUT2D eigenvalue weighted by molar-refractivity contribution is 6.04. The summed E-state index contributed by atoms with van der Waals surface area (Å²) in [5, 5.41) is 12.0. The molecule has 2 rings (SSSR count). The van der Waals surface area contributed by atoms with Crippen LogP contribution in [0, 0.1) is 5.92 Å². The lowest BCUT2D eigenvalue weighted by molar-refractivity contribution is -0.142. The standard InChI is InChI=1S/C13H18N2O4/c1-3-8-9(7(2)16)6-15(13(8)19)10-4-5-11(17)14-12(10)18/h3,7,9-10,16H,4-6H2,1-2H3,(H,14,17,18)/b8-3+. The van der Waals surface area contributed by atoms with E-state index in [1.807, 2.05) is 0 Å². The first kappa shape index (κ1) is 13.7. The zero-order valence-corrected chi connectivity index (χ0v) is 11.0. The van der Waals surface area contributed by atoms with Gasteiger partial charge in [-0.2, -0.15) is 0 Å². The minimum Gasteiger partial charge on any atom is -0.393 e. The third-order valence-electron chi connectivity index (χ3n) is 3.78. The van der Waals surface area contributed by atoms with Crippen LogP contribution >= 0.6 is 0 Å². The van der Waals surface area contributed by atoms with Crippen molar-refractivity contribution in [3.05, 3.63) is 11.6 Å². The fourth-order valence-corrected chi connectivity index (χ4v) is 2.72. The van der Waals surface area contributed by atoms with Gasteiger partial charge in [-0.3, -0.25) is 19.7 Å². The van der Waals surface area contributed by atoms with Crippen molar-refractivity contribution in [2.75, 3.05) is 6.54 Å². The summed E-state index contributed by atoms with van der Waals surface area (Å²) in [6, 6.07) is -0.608. The first-order valence-corrected chi connectivity index (χ1v) is 6.44. The highest BCUT2D eigenvalue weighted by Gasteiger charge is 2.43. The highest BCUT2D eigenvalue weighted by Crippen LogP contribution is 2.30. The SMILES string of the molecule is C/C=C1/C(=O)N(C2CCC(=O)NC2=O)CC1C(C)O. The molecule has 0 bridgehead atoms. The van der Waals surface area contributed by atoms with Gasteiger partial charge in [0.05, 0.1) is 6.10 Å². The smallest absolute Gasteiger partial charge is 0.250 e. The lowest BCUT2D eigenvalue weighted by Gasteiger charge is -2.29.